The number of amides is 1. The lowest BCUT2D eigenvalue weighted by Gasteiger charge is -2.18. The largest absolute Gasteiger partial charge is 0.360 e. The van der Waals surface area contributed by atoms with Crippen LogP contribution in [-0.2, 0) is 4.79 Å². The van der Waals surface area contributed by atoms with Crippen molar-refractivity contribution in [3.63, 3.8) is 0 Å². The number of benzene rings is 1. The number of carbonyl (C=O) groups excluding carboxylic acids is 1. The Bertz CT molecular complexity index is 568. The molecule has 0 aliphatic carbocycles. The topological polar surface area (TPSA) is 45.2 Å². The van der Waals surface area contributed by atoms with Crippen LogP contribution in [0.4, 0.5) is 5.82 Å². The van der Waals surface area contributed by atoms with Gasteiger partial charge in [-0.15, -0.1) is 0 Å². The van der Waals surface area contributed by atoms with Gasteiger partial charge >= 0.3 is 0 Å². The highest BCUT2D eigenvalue weighted by molar-refractivity contribution is 5.80. The second kappa shape index (κ2) is 6.18. The first-order valence-corrected chi connectivity index (χ1v) is 6.48. The van der Waals surface area contributed by atoms with Gasteiger partial charge in [-0.05, 0) is 24.6 Å². The third kappa shape index (κ3) is 3.68. The highest BCUT2D eigenvalue weighted by Crippen LogP contribution is 2.16. The molecule has 0 spiro atoms. The van der Waals surface area contributed by atoms with Crippen molar-refractivity contribution >= 4 is 22.6 Å². The minimum atomic E-state index is 0.0199. The molecule has 19 heavy (non-hydrogen) atoms. The third-order valence-corrected chi connectivity index (χ3v) is 3.02. The number of pyridine rings is 1. The molecule has 1 aromatic heterocycles. The van der Waals surface area contributed by atoms with Gasteiger partial charge in [0, 0.05) is 32.4 Å². The zero-order valence-corrected chi connectivity index (χ0v) is 11.4. The summed E-state index contributed by atoms with van der Waals surface area (Å²) >= 11 is 0. The molecule has 1 amide bonds. The van der Waals surface area contributed by atoms with Crippen LogP contribution in [0.25, 0.3) is 10.9 Å². The Morgan fingerprint density at radius 3 is 2.84 bits per heavy atom. The van der Waals surface area contributed by atoms with Crippen LogP contribution in [0.2, 0.25) is 0 Å². The lowest BCUT2D eigenvalue weighted by atomic mass is 10.2. The molecule has 0 fully saturated rings. The van der Waals surface area contributed by atoms with E-state index in [0.717, 1.165) is 29.7 Å². The van der Waals surface area contributed by atoms with E-state index in [9.17, 15) is 4.79 Å². The predicted molar refractivity (Wildman–Crippen MR) is 78.3 cm³/mol. The smallest absolute Gasteiger partial charge is 0.216 e. The molecule has 0 unspecified atom stereocenters. The molecule has 4 nitrogen and oxygen atoms in total. The number of hydrogen-bond donors (Lipinski definition) is 1. The monoisotopic (exact) mass is 257 g/mol. The summed E-state index contributed by atoms with van der Waals surface area (Å²) in [6.45, 7) is 3.10. The van der Waals surface area contributed by atoms with E-state index in [1.807, 2.05) is 31.3 Å². The van der Waals surface area contributed by atoms with E-state index in [2.05, 4.69) is 27.3 Å². The summed E-state index contributed by atoms with van der Waals surface area (Å²) < 4.78 is 0. The Hall–Kier alpha value is -2.10. The molecule has 0 saturated carbocycles. The van der Waals surface area contributed by atoms with Gasteiger partial charge in [-0.1, -0.05) is 18.2 Å². The molecular formula is C15H19N3O. The summed E-state index contributed by atoms with van der Waals surface area (Å²) in [4.78, 5) is 17.5. The minimum Gasteiger partial charge on any atom is -0.360 e. The van der Waals surface area contributed by atoms with Crippen LogP contribution in [0.3, 0.4) is 0 Å². The SMILES string of the molecule is CC(=O)NCCCN(C)c1ccc2ccccc2n1. The predicted octanol–water partition coefficient (Wildman–Crippen LogP) is 2.20. The maximum Gasteiger partial charge on any atom is 0.216 e. The average Bonchev–Trinajstić information content (AvgIpc) is 2.42. The van der Waals surface area contributed by atoms with E-state index in [1.54, 1.807) is 0 Å². The summed E-state index contributed by atoms with van der Waals surface area (Å²) in [7, 11) is 2.02. The lowest BCUT2D eigenvalue weighted by Crippen LogP contribution is -2.26. The Morgan fingerprint density at radius 1 is 1.26 bits per heavy atom. The van der Waals surface area contributed by atoms with Crippen LogP contribution in [0.15, 0.2) is 36.4 Å². The first kappa shape index (κ1) is 13.3. The van der Waals surface area contributed by atoms with Crippen molar-refractivity contribution in [2.45, 2.75) is 13.3 Å². The second-order valence-electron chi connectivity index (χ2n) is 4.62. The van der Waals surface area contributed by atoms with Gasteiger partial charge in [0.15, 0.2) is 0 Å². The normalized spacial score (nSPS) is 10.4. The van der Waals surface area contributed by atoms with Gasteiger partial charge in [0.1, 0.15) is 5.82 Å². The van der Waals surface area contributed by atoms with Gasteiger partial charge in [-0.25, -0.2) is 4.98 Å². The van der Waals surface area contributed by atoms with Crippen LogP contribution >= 0.6 is 0 Å². The van der Waals surface area contributed by atoms with Crippen molar-refractivity contribution in [3.05, 3.63) is 36.4 Å². The zero-order valence-electron chi connectivity index (χ0n) is 11.4. The molecule has 1 N–H and O–H groups in total. The van der Waals surface area contributed by atoms with Crippen LogP contribution < -0.4 is 10.2 Å². The number of para-hydroxylation sites is 1. The van der Waals surface area contributed by atoms with E-state index >= 15 is 0 Å². The van der Waals surface area contributed by atoms with Crippen LogP contribution in [0, 0.1) is 0 Å². The summed E-state index contributed by atoms with van der Waals surface area (Å²) in [5.74, 6) is 0.980. The number of carbonyl (C=O) groups is 1. The molecule has 0 aliphatic heterocycles. The van der Waals surface area contributed by atoms with Gasteiger partial charge in [0.05, 0.1) is 5.52 Å². The van der Waals surface area contributed by atoms with Crippen LogP contribution in [0.1, 0.15) is 13.3 Å². The molecule has 0 radical (unpaired) electrons. The molecule has 0 aliphatic rings. The van der Waals surface area contributed by atoms with Gasteiger partial charge in [0.25, 0.3) is 0 Å². The van der Waals surface area contributed by atoms with E-state index in [-0.39, 0.29) is 5.91 Å². The molecular weight excluding hydrogens is 238 g/mol. The molecule has 4 heteroatoms. The fraction of sp³-hybridized carbons (Fsp3) is 0.333. The van der Waals surface area contributed by atoms with Crippen LogP contribution in [-0.4, -0.2) is 31.0 Å². The Morgan fingerprint density at radius 2 is 2.05 bits per heavy atom. The summed E-state index contributed by atoms with van der Waals surface area (Å²) in [6.07, 6.45) is 0.907. The van der Waals surface area contributed by atoms with Crippen LogP contribution in [0.5, 0.6) is 0 Å². The highest BCUT2D eigenvalue weighted by Gasteiger charge is 2.03. The highest BCUT2D eigenvalue weighted by atomic mass is 16.1. The molecule has 1 aromatic carbocycles. The fourth-order valence-corrected chi connectivity index (χ4v) is 1.96. The molecule has 100 valence electrons. The standard InChI is InChI=1S/C15H19N3O/c1-12(19)16-10-5-11-18(2)15-9-8-13-6-3-4-7-14(13)17-15/h3-4,6-9H,5,10-11H2,1-2H3,(H,16,19). The summed E-state index contributed by atoms with van der Waals surface area (Å²) in [5.41, 5.74) is 1.01. The number of aromatic nitrogens is 1. The number of nitrogens with zero attached hydrogens (tertiary/aromatic N) is 2. The number of rotatable bonds is 5. The van der Waals surface area contributed by atoms with E-state index < -0.39 is 0 Å². The van der Waals surface area contributed by atoms with Crippen molar-refractivity contribution in [3.8, 4) is 0 Å². The van der Waals surface area contributed by atoms with E-state index in [4.69, 9.17) is 0 Å². The Balaban J connectivity index is 1.97. The van der Waals surface area contributed by atoms with Gasteiger partial charge < -0.3 is 10.2 Å². The van der Waals surface area contributed by atoms with E-state index in [0.29, 0.717) is 6.54 Å². The number of nitrogens with one attached hydrogen (secondary N) is 1. The maximum atomic E-state index is 10.8. The fourth-order valence-electron chi connectivity index (χ4n) is 1.96. The van der Waals surface area contributed by atoms with Crippen molar-refractivity contribution in [2.75, 3.05) is 25.0 Å². The van der Waals surface area contributed by atoms with Gasteiger partial charge in [0.2, 0.25) is 5.91 Å². The molecule has 0 bridgehead atoms. The first-order valence-electron chi connectivity index (χ1n) is 6.48. The molecule has 1 heterocycles. The number of fused-ring (bicyclic) bond motifs is 1. The molecule has 2 aromatic rings. The summed E-state index contributed by atoms with van der Waals surface area (Å²) in [5, 5.41) is 3.95. The van der Waals surface area contributed by atoms with Crippen molar-refractivity contribution in [1.82, 2.24) is 10.3 Å². The van der Waals surface area contributed by atoms with E-state index in [1.165, 1.54) is 6.92 Å². The van der Waals surface area contributed by atoms with Crippen molar-refractivity contribution < 1.29 is 4.79 Å². The number of hydrogen-bond acceptors (Lipinski definition) is 3. The van der Waals surface area contributed by atoms with Crippen molar-refractivity contribution in [2.24, 2.45) is 0 Å². The third-order valence-electron chi connectivity index (χ3n) is 3.02. The average molecular weight is 257 g/mol. The Labute approximate surface area is 113 Å². The second-order valence-corrected chi connectivity index (χ2v) is 4.62. The quantitative estimate of drug-likeness (QED) is 0.835. The first-order chi connectivity index (χ1) is 9.16. The zero-order chi connectivity index (χ0) is 13.7. The van der Waals surface area contributed by atoms with Gasteiger partial charge in [-0.3, -0.25) is 4.79 Å². The molecule has 0 saturated heterocycles. The molecule has 2 rings (SSSR count). The minimum absolute atomic E-state index is 0.0199. The maximum absolute atomic E-state index is 10.8. The van der Waals surface area contributed by atoms with Crippen molar-refractivity contribution in [1.29, 1.82) is 0 Å². The lowest BCUT2D eigenvalue weighted by molar-refractivity contribution is -0.118. The van der Waals surface area contributed by atoms with Gasteiger partial charge in [-0.2, -0.15) is 0 Å². The molecule has 0 atom stereocenters. The Kier molecular flexibility index (Phi) is 4.34. The number of anilines is 1. The summed E-state index contributed by atoms with van der Waals surface area (Å²) in [6, 6.07) is 12.2.